The van der Waals surface area contributed by atoms with Crippen molar-refractivity contribution in [2.24, 2.45) is 22.7 Å². The molecule has 88 valence electrons. The number of hydrogen-bond acceptors (Lipinski definition) is 3. The maximum Gasteiger partial charge on any atom is 0.203 e. The van der Waals surface area contributed by atoms with Gasteiger partial charge in [-0.25, -0.2) is 0 Å². The first-order valence-electron chi connectivity index (χ1n) is 6.57. The number of rotatable bonds is 0. The predicted molar refractivity (Wildman–Crippen MR) is 57.9 cm³/mol. The highest BCUT2D eigenvalue weighted by Crippen LogP contribution is 2.81. The molecule has 2 unspecified atom stereocenters. The maximum absolute atomic E-state index is 12.5. The van der Waals surface area contributed by atoms with E-state index in [9.17, 15) is 9.59 Å². The summed E-state index contributed by atoms with van der Waals surface area (Å²) in [4.78, 5) is 24.5. The molecule has 5 rings (SSSR count). The third-order valence-corrected chi connectivity index (χ3v) is 6.28. The summed E-state index contributed by atoms with van der Waals surface area (Å²) in [6.45, 7) is 2.02. The topological polar surface area (TPSA) is 43.4 Å². The van der Waals surface area contributed by atoms with Crippen LogP contribution in [-0.2, 0) is 14.3 Å². The molecule has 0 aromatic carbocycles. The highest BCUT2D eigenvalue weighted by atomic mass is 16.5. The standard InChI is InChI=1S/C14H14O3/c1-6-10-11(16)13-4-8(13)7-2-3-9(15)12(17-10)14(6,7)5-13/h7-8,12H,2-5H2,1H3/t7?,8-,12?,13-,14+/m0/s1. The average Bonchev–Trinajstić information content (AvgIpc) is 2.87. The molecule has 3 bridgehead atoms. The lowest BCUT2D eigenvalue weighted by molar-refractivity contribution is -0.138. The summed E-state index contributed by atoms with van der Waals surface area (Å²) in [5, 5.41) is 0. The lowest BCUT2D eigenvalue weighted by atomic mass is 9.59. The van der Waals surface area contributed by atoms with Crippen LogP contribution in [-0.4, -0.2) is 17.7 Å². The quantitative estimate of drug-likeness (QED) is 0.635. The fourth-order valence-electron chi connectivity index (χ4n) is 5.53. The van der Waals surface area contributed by atoms with E-state index in [1.165, 1.54) is 0 Å². The van der Waals surface area contributed by atoms with Gasteiger partial charge >= 0.3 is 0 Å². The Morgan fingerprint density at radius 2 is 2.12 bits per heavy atom. The van der Waals surface area contributed by atoms with Gasteiger partial charge in [-0.2, -0.15) is 0 Å². The predicted octanol–water partition coefficient (Wildman–Crippen LogP) is 1.62. The SMILES string of the molecule is CC1=C2OC3C(=O)CCC4[C@@H]5C[C@@]5(C[C@]134)C2=O. The van der Waals surface area contributed by atoms with Gasteiger partial charge in [0.25, 0.3) is 0 Å². The third kappa shape index (κ3) is 0.624. The van der Waals surface area contributed by atoms with E-state index in [2.05, 4.69) is 0 Å². The van der Waals surface area contributed by atoms with Crippen molar-refractivity contribution in [3.63, 3.8) is 0 Å². The second-order valence-corrected chi connectivity index (χ2v) is 6.58. The zero-order chi connectivity index (χ0) is 11.6. The van der Waals surface area contributed by atoms with Crippen LogP contribution in [0.15, 0.2) is 11.3 Å². The zero-order valence-corrected chi connectivity index (χ0v) is 9.79. The van der Waals surface area contributed by atoms with E-state index in [4.69, 9.17) is 4.74 Å². The van der Waals surface area contributed by atoms with Crippen LogP contribution in [0, 0.1) is 22.7 Å². The second-order valence-electron chi connectivity index (χ2n) is 6.58. The molecular formula is C14H14O3. The van der Waals surface area contributed by atoms with Gasteiger partial charge in [-0.15, -0.1) is 0 Å². The average molecular weight is 230 g/mol. The molecule has 5 aliphatic rings. The van der Waals surface area contributed by atoms with Crippen LogP contribution in [0.25, 0.3) is 0 Å². The van der Waals surface area contributed by atoms with Crippen molar-refractivity contribution in [3.05, 3.63) is 11.3 Å². The fourth-order valence-corrected chi connectivity index (χ4v) is 5.53. The summed E-state index contributed by atoms with van der Waals surface area (Å²) in [5.41, 5.74) is 0.934. The van der Waals surface area contributed by atoms with Crippen LogP contribution in [0.4, 0.5) is 0 Å². The first kappa shape index (κ1) is 8.90. The summed E-state index contributed by atoms with van der Waals surface area (Å²) in [6, 6.07) is 0. The van der Waals surface area contributed by atoms with Crippen molar-refractivity contribution in [1.82, 2.24) is 0 Å². The molecule has 3 fully saturated rings. The Balaban J connectivity index is 1.84. The van der Waals surface area contributed by atoms with Crippen molar-refractivity contribution in [3.8, 4) is 0 Å². The van der Waals surface area contributed by atoms with Crippen LogP contribution in [0.2, 0.25) is 0 Å². The summed E-state index contributed by atoms with van der Waals surface area (Å²) < 4.78 is 5.79. The molecule has 4 aliphatic carbocycles. The van der Waals surface area contributed by atoms with E-state index in [0.717, 1.165) is 24.8 Å². The molecule has 0 aromatic heterocycles. The fraction of sp³-hybridized carbons (Fsp3) is 0.714. The number of Topliss-reactive ketones (excluding diaryl/α,β-unsaturated/α-hetero) is 2. The Morgan fingerprint density at radius 1 is 1.29 bits per heavy atom. The van der Waals surface area contributed by atoms with Gasteiger partial charge in [-0.3, -0.25) is 9.59 Å². The number of ketones is 2. The molecule has 3 saturated carbocycles. The molecule has 0 N–H and O–H groups in total. The van der Waals surface area contributed by atoms with Crippen molar-refractivity contribution in [2.75, 3.05) is 0 Å². The van der Waals surface area contributed by atoms with Gasteiger partial charge in [0.05, 0.1) is 0 Å². The first-order valence-corrected chi connectivity index (χ1v) is 6.57. The lowest BCUT2D eigenvalue weighted by Gasteiger charge is -2.42. The molecule has 0 radical (unpaired) electrons. The number of allylic oxidation sites excluding steroid dienone is 1. The summed E-state index contributed by atoms with van der Waals surface area (Å²) in [7, 11) is 0. The van der Waals surface area contributed by atoms with E-state index < -0.39 is 0 Å². The number of ether oxygens (including phenoxy) is 1. The minimum Gasteiger partial charge on any atom is -0.478 e. The van der Waals surface area contributed by atoms with Crippen molar-refractivity contribution >= 4 is 11.6 Å². The molecule has 0 saturated heterocycles. The Bertz CT molecular complexity index is 546. The molecule has 1 aliphatic heterocycles. The van der Waals surface area contributed by atoms with E-state index in [1.807, 2.05) is 6.92 Å². The largest absolute Gasteiger partial charge is 0.478 e. The Morgan fingerprint density at radius 3 is 2.94 bits per heavy atom. The number of carbonyl (C=O) groups is 2. The zero-order valence-electron chi connectivity index (χ0n) is 9.79. The van der Waals surface area contributed by atoms with Crippen molar-refractivity contribution in [1.29, 1.82) is 0 Å². The van der Waals surface area contributed by atoms with Crippen LogP contribution in [0.1, 0.15) is 32.6 Å². The lowest BCUT2D eigenvalue weighted by Crippen LogP contribution is -2.47. The molecule has 17 heavy (non-hydrogen) atoms. The summed E-state index contributed by atoms with van der Waals surface area (Å²) >= 11 is 0. The monoisotopic (exact) mass is 230 g/mol. The Kier molecular flexibility index (Phi) is 1.10. The van der Waals surface area contributed by atoms with Gasteiger partial charge in [0, 0.05) is 17.3 Å². The molecule has 1 heterocycles. The van der Waals surface area contributed by atoms with E-state index in [0.29, 0.717) is 24.0 Å². The first-order chi connectivity index (χ1) is 8.11. The van der Waals surface area contributed by atoms with Gasteiger partial charge in [-0.05, 0) is 43.6 Å². The van der Waals surface area contributed by atoms with E-state index in [-0.39, 0.29) is 28.5 Å². The van der Waals surface area contributed by atoms with Crippen LogP contribution < -0.4 is 0 Å². The summed E-state index contributed by atoms with van der Waals surface area (Å²) in [5.74, 6) is 2.11. The second kappa shape index (κ2) is 2.11. The molecule has 3 nitrogen and oxygen atoms in total. The highest BCUT2D eigenvalue weighted by Gasteiger charge is 2.82. The van der Waals surface area contributed by atoms with Gasteiger partial charge in [-0.1, -0.05) is 0 Å². The smallest absolute Gasteiger partial charge is 0.203 e. The minimum absolute atomic E-state index is 0.0680. The molecule has 5 atom stereocenters. The third-order valence-electron chi connectivity index (χ3n) is 6.28. The number of fused-ring (bicyclic) bond motifs is 1. The molecule has 0 amide bonds. The van der Waals surface area contributed by atoms with E-state index in [1.54, 1.807) is 0 Å². The van der Waals surface area contributed by atoms with Crippen LogP contribution in [0.5, 0.6) is 0 Å². The molecule has 0 aromatic rings. The van der Waals surface area contributed by atoms with Gasteiger partial charge in [0.1, 0.15) is 0 Å². The highest BCUT2D eigenvalue weighted by molar-refractivity contribution is 6.06. The van der Waals surface area contributed by atoms with Gasteiger partial charge in [0.15, 0.2) is 17.6 Å². The summed E-state index contributed by atoms with van der Waals surface area (Å²) in [6.07, 6.45) is 3.27. The maximum atomic E-state index is 12.5. The van der Waals surface area contributed by atoms with E-state index >= 15 is 0 Å². The van der Waals surface area contributed by atoms with Crippen LogP contribution in [0.3, 0.4) is 0 Å². The van der Waals surface area contributed by atoms with Crippen molar-refractivity contribution < 1.29 is 14.3 Å². The van der Waals surface area contributed by atoms with Gasteiger partial charge in [0.2, 0.25) is 5.78 Å². The van der Waals surface area contributed by atoms with Gasteiger partial charge < -0.3 is 4.74 Å². The molecular weight excluding hydrogens is 216 g/mol. The molecule has 2 spiro atoms. The Hall–Kier alpha value is -1.12. The molecule has 3 heteroatoms. The number of hydrogen-bond donors (Lipinski definition) is 0. The minimum atomic E-state index is -0.313. The number of carbonyl (C=O) groups excluding carboxylic acids is 2. The Labute approximate surface area is 99.2 Å². The normalized spacial score (nSPS) is 57.1. The van der Waals surface area contributed by atoms with Crippen molar-refractivity contribution in [2.45, 2.75) is 38.7 Å². The van der Waals surface area contributed by atoms with Crippen LogP contribution >= 0.6 is 0 Å².